The molecule has 0 saturated heterocycles. The summed E-state index contributed by atoms with van der Waals surface area (Å²) in [5.74, 6) is 2.25. The van der Waals surface area contributed by atoms with Crippen LogP contribution in [0.1, 0.15) is 82.9 Å². The number of unbranched alkanes of at least 4 members (excludes halogenated alkanes) is 5. The first-order valence-electron chi connectivity index (χ1n) is 11.3. The van der Waals surface area contributed by atoms with E-state index in [0.717, 1.165) is 43.4 Å². The first-order chi connectivity index (χ1) is 15.2. The summed E-state index contributed by atoms with van der Waals surface area (Å²) < 4.78 is 17.2. The number of benzene rings is 1. The number of nitrogens with one attached hydrogen (secondary N) is 1. The van der Waals surface area contributed by atoms with Gasteiger partial charge in [0.05, 0.1) is 19.4 Å². The number of aryl methyl sites for hydroxylation is 1. The zero-order chi connectivity index (χ0) is 22.3. The summed E-state index contributed by atoms with van der Waals surface area (Å²) in [7, 11) is 0. The molecule has 2 rings (SSSR count). The van der Waals surface area contributed by atoms with Crippen LogP contribution in [0.15, 0.2) is 27.7 Å². The highest BCUT2D eigenvalue weighted by atomic mass is 16.5. The molecule has 0 radical (unpaired) electrons. The van der Waals surface area contributed by atoms with Gasteiger partial charge in [-0.1, -0.05) is 46.0 Å². The Kier molecular flexibility index (Phi) is 11.0. The van der Waals surface area contributed by atoms with Gasteiger partial charge in [-0.05, 0) is 43.5 Å². The molecular formula is C24H34N4O3. The van der Waals surface area contributed by atoms with Crippen molar-refractivity contribution in [1.29, 1.82) is 5.26 Å². The van der Waals surface area contributed by atoms with Crippen LogP contribution in [0, 0.1) is 11.3 Å². The molecule has 0 saturated carbocycles. The molecule has 1 aromatic heterocycles. The van der Waals surface area contributed by atoms with Crippen molar-refractivity contribution in [3.05, 3.63) is 35.3 Å². The van der Waals surface area contributed by atoms with E-state index in [0.29, 0.717) is 24.9 Å². The molecular weight excluding hydrogens is 392 g/mol. The van der Waals surface area contributed by atoms with E-state index >= 15 is 0 Å². The molecule has 0 aliphatic carbocycles. The number of hydrogen-bond acceptors (Lipinski definition) is 7. The van der Waals surface area contributed by atoms with Gasteiger partial charge in [-0.25, -0.2) is 10.4 Å². The van der Waals surface area contributed by atoms with Crippen LogP contribution in [0.25, 0.3) is 0 Å². The second kappa shape index (κ2) is 14.1. The van der Waals surface area contributed by atoms with Crippen molar-refractivity contribution < 1.29 is 13.9 Å². The molecule has 7 heteroatoms. The molecule has 0 fully saturated rings. The van der Waals surface area contributed by atoms with Crippen LogP contribution in [0.4, 0.5) is 5.88 Å². The van der Waals surface area contributed by atoms with Gasteiger partial charge in [0, 0.05) is 6.42 Å². The Labute approximate surface area is 185 Å². The van der Waals surface area contributed by atoms with Gasteiger partial charge in [-0.2, -0.15) is 10.4 Å². The third-order valence-electron chi connectivity index (χ3n) is 4.67. The van der Waals surface area contributed by atoms with E-state index in [-0.39, 0.29) is 11.6 Å². The van der Waals surface area contributed by atoms with E-state index in [4.69, 9.17) is 13.9 Å². The molecule has 0 unspecified atom stereocenters. The van der Waals surface area contributed by atoms with E-state index in [9.17, 15) is 5.26 Å². The van der Waals surface area contributed by atoms with Gasteiger partial charge >= 0.3 is 0 Å². The summed E-state index contributed by atoms with van der Waals surface area (Å²) >= 11 is 0. The van der Waals surface area contributed by atoms with Crippen molar-refractivity contribution >= 4 is 12.1 Å². The minimum absolute atomic E-state index is 0.218. The van der Waals surface area contributed by atoms with E-state index in [1.807, 2.05) is 25.1 Å². The average molecular weight is 427 g/mol. The number of anilines is 1. The van der Waals surface area contributed by atoms with Crippen LogP contribution >= 0.6 is 0 Å². The summed E-state index contributed by atoms with van der Waals surface area (Å²) in [6, 6.07) is 7.72. The van der Waals surface area contributed by atoms with Gasteiger partial charge in [-0.3, -0.25) is 0 Å². The Morgan fingerprint density at radius 2 is 1.87 bits per heavy atom. The van der Waals surface area contributed by atoms with E-state index in [2.05, 4.69) is 35.4 Å². The maximum Gasteiger partial charge on any atom is 0.252 e. The van der Waals surface area contributed by atoms with Crippen LogP contribution in [-0.4, -0.2) is 24.4 Å². The molecule has 2 aromatic rings. The van der Waals surface area contributed by atoms with E-state index in [1.165, 1.54) is 19.3 Å². The molecule has 0 amide bonds. The fraction of sp³-hybridized carbons (Fsp3) is 0.542. The maximum atomic E-state index is 9.31. The van der Waals surface area contributed by atoms with E-state index < -0.39 is 0 Å². The molecule has 168 valence electrons. The van der Waals surface area contributed by atoms with Crippen molar-refractivity contribution in [2.45, 2.75) is 72.1 Å². The maximum absolute atomic E-state index is 9.31. The summed E-state index contributed by atoms with van der Waals surface area (Å²) in [6.45, 7) is 7.47. The van der Waals surface area contributed by atoms with Gasteiger partial charge in [0.2, 0.25) is 5.69 Å². The fourth-order valence-electron chi connectivity index (χ4n) is 2.99. The molecule has 0 aliphatic rings. The Morgan fingerprint density at radius 1 is 1.06 bits per heavy atom. The molecule has 0 bridgehead atoms. The first-order valence-corrected chi connectivity index (χ1v) is 11.3. The van der Waals surface area contributed by atoms with Crippen molar-refractivity contribution in [2.75, 3.05) is 18.6 Å². The van der Waals surface area contributed by atoms with Gasteiger partial charge in [0.1, 0.15) is 6.07 Å². The lowest BCUT2D eigenvalue weighted by Gasteiger charge is -2.12. The number of oxazole rings is 1. The van der Waals surface area contributed by atoms with Gasteiger partial charge in [0.25, 0.3) is 5.88 Å². The van der Waals surface area contributed by atoms with Crippen LogP contribution in [0.2, 0.25) is 0 Å². The topological polar surface area (TPSA) is 92.7 Å². The largest absolute Gasteiger partial charge is 0.490 e. The zero-order valence-corrected chi connectivity index (χ0v) is 18.9. The quantitative estimate of drug-likeness (QED) is 0.211. The number of nitrogens with zero attached hydrogens (tertiary/aromatic N) is 3. The lowest BCUT2D eigenvalue weighted by Crippen LogP contribution is -2.01. The second-order valence-corrected chi connectivity index (χ2v) is 7.27. The average Bonchev–Trinajstić information content (AvgIpc) is 3.17. The lowest BCUT2D eigenvalue weighted by atomic mass is 10.1. The molecule has 31 heavy (non-hydrogen) atoms. The van der Waals surface area contributed by atoms with E-state index in [1.54, 1.807) is 6.21 Å². The van der Waals surface area contributed by atoms with Crippen molar-refractivity contribution in [2.24, 2.45) is 5.10 Å². The normalized spacial score (nSPS) is 10.9. The highest BCUT2D eigenvalue weighted by Crippen LogP contribution is 2.28. The number of rotatable bonds is 15. The summed E-state index contributed by atoms with van der Waals surface area (Å²) in [6.07, 6.45) is 10.3. The van der Waals surface area contributed by atoms with Gasteiger partial charge in [-0.15, -0.1) is 0 Å². The summed E-state index contributed by atoms with van der Waals surface area (Å²) in [5, 5.41) is 13.5. The molecule has 0 aliphatic heterocycles. The summed E-state index contributed by atoms with van der Waals surface area (Å²) in [4.78, 5) is 4.26. The SMILES string of the molecule is CCCCCCCc1nc(C#N)c(NN=Cc2ccc(OCCCC)c(OCC)c2)o1. The predicted octanol–water partition coefficient (Wildman–Crippen LogP) is 6.08. The molecule has 1 N–H and O–H groups in total. The number of hydrazone groups is 1. The molecule has 7 nitrogen and oxygen atoms in total. The monoisotopic (exact) mass is 426 g/mol. The Bertz CT molecular complexity index is 855. The highest BCUT2D eigenvalue weighted by Gasteiger charge is 2.12. The van der Waals surface area contributed by atoms with Crippen molar-refractivity contribution in [3.63, 3.8) is 0 Å². The second-order valence-electron chi connectivity index (χ2n) is 7.27. The molecule has 0 spiro atoms. The third kappa shape index (κ3) is 8.33. The number of ether oxygens (including phenoxy) is 2. The predicted molar refractivity (Wildman–Crippen MR) is 123 cm³/mol. The van der Waals surface area contributed by atoms with Crippen LogP contribution < -0.4 is 14.9 Å². The van der Waals surface area contributed by atoms with Gasteiger partial charge < -0.3 is 13.9 Å². The van der Waals surface area contributed by atoms with Crippen molar-refractivity contribution in [1.82, 2.24) is 4.98 Å². The fourth-order valence-corrected chi connectivity index (χ4v) is 2.99. The molecule has 1 heterocycles. The Hall–Kier alpha value is -3.01. The number of nitriles is 1. The van der Waals surface area contributed by atoms with Gasteiger partial charge in [0.15, 0.2) is 17.4 Å². The van der Waals surface area contributed by atoms with Crippen LogP contribution in [0.5, 0.6) is 11.5 Å². The Morgan fingerprint density at radius 3 is 2.61 bits per heavy atom. The minimum Gasteiger partial charge on any atom is -0.490 e. The molecule has 1 aromatic carbocycles. The highest BCUT2D eigenvalue weighted by molar-refractivity contribution is 5.81. The van der Waals surface area contributed by atoms with Crippen molar-refractivity contribution in [3.8, 4) is 17.6 Å². The standard InChI is InChI=1S/C24H34N4O3/c1-4-7-9-10-11-12-23-27-20(17-25)24(31-23)28-26-18-19-13-14-21(30-15-8-5-2)22(16-19)29-6-3/h13-14,16,18,28H,4-12,15H2,1-3H3. The zero-order valence-electron chi connectivity index (χ0n) is 18.9. The Balaban J connectivity index is 1.97. The first kappa shape index (κ1) is 24.3. The number of aromatic nitrogens is 1. The van der Waals surface area contributed by atoms with Crippen LogP contribution in [-0.2, 0) is 6.42 Å². The summed E-state index contributed by atoms with van der Waals surface area (Å²) in [5.41, 5.74) is 3.86. The molecule has 0 atom stereocenters. The lowest BCUT2D eigenvalue weighted by molar-refractivity contribution is 0.272. The number of hydrogen-bond donors (Lipinski definition) is 1. The smallest absolute Gasteiger partial charge is 0.252 e. The van der Waals surface area contributed by atoms with Crippen LogP contribution in [0.3, 0.4) is 0 Å². The third-order valence-corrected chi connectivity index (χ3v) is 4.67. The minimum atomic E-state index is 0.218.